The maximum Gasteiger partial charge on any atom is 0.238 e. The van der Waals surface area contributed by atoms with Gasteiger partial charge in [0.1, 0.15) is 11.6 Å². The molecule has 0 spiro atoms. The predicted molar refractivity (Wildman–Crippen MR) is 114 cm³/mol. The number of benzene rings is 2. The Morgan fingerprint density at radius 2 is 1.63 bits per heavy atom. The van der Waals surface area contributed by atoms with Gasteiger partial charge in [0.05, 0.1) is 11.4 Å². The molecule has 0 aliphatic carbocycles. The second-order valence-electron chi connectivity index (χ2n) is 6.34. The standard InChI is InChI=1S/C20H18F2N4O2S2/c21-18-2-1-3-19(22)17(18)13-26(15-4-6-16(7-5-15)30(23,27)28)20(29)25-12-14-8-10-24-11-9-14/h1-11H,12-13H2,(H,25,29)(H2,23,27,28). The summed E-state index contributed by atoms with van der Waals surface area (Å²) < 4.78 is 51.5. The molecule has 3 aromatic rings. The number of sulfonamides is 1. The lowest BCUT2D eigenvalue weighted by atomic mass is 10.1. The third-order valence-corrected chi connectivity index (χ3v) is 5.59. The minimum absolute atomic E-state index is 0.0843. The van der Waals surface area contributed by atoms with Crippen molar-refractivity contribution in [3.8, 4) is 0 Å². The molecular formula is C20H18F2N4O2S2. The van der Waals surface area contributed by atoms with Crippen molar-refractivity contribution >= 4 is 33.0 Å². The molecule has 3 N–H and O–H groups in total. The highest BCUT2D eigenvalue weighted by molar-refractivity contribution is 7.89. The highest BCUT2D eigenvalue weighted by Crippen LogP contribution is 2.22. The Balaban J connectivity index is 1.90. The molecule has 0 atom stereocenters. The van der Waals surface area contributed by atoms with Gasteiger partial charge < -0.3 is 10.2 Å². The molecule has 0 saturated heterocycles. The van der Waals surface area contributed by atoms with Gasteiger partial charge in [-0.3, -0.25) is 4.98 Å². The molecule has 0 unspecified atom stereocenters. The minimum atomic E-state index is -3.88. The molecular weight excluding hydrogens is 430 g/mol. The molecule has 1 aromatic heterocycles. The zero-order chi connectivity index (χ0) is 21.7. The minimum Gasteiger partial charge on any atom is -0.358 e. The second-order valence-corrected chi connectivity index (χ2v) is 8.29. The average molecular weight is 449 g/mol. The van der Waals surface area contributed by atoms with E-state index in [1.165, 1.54) is 35.2 Å². The summed E-state index contributed by atoms with van der Waals surface area (Å²) in [4.78, 5) is 5.34. The normalized spacial score (nSPS) is 11.2. The highest BCUT2D eigenvalue weighted by Gasteiger charge is 2.19. The Morgan fingerprint density at radius 1 is 1.03 bits per heavy atom. The van der Waals surface area contributed by atoms with E-state index in [1.807, 2.05) is 0 Å². The van der Waals surface area contributed by atoms with E-state index in [2.05, 4.69) is 10.3 Å². The number of nitrogens with two attached hydrogens (primary N) is 1. The topological polar surface area (TPSA) is 88.3 Å². The van der Waals surface area contributed by atoms with Crippen LogP contribution in [0.25, 0.3) is 0 Å². The van der Waals surface area contributed by atoms with E-state index in [0.717, 1.165) is 17.7 Å². The van der Waals surface area contributed by atoms with Gasteiger partial charge in [0.25, 0.3) is 0 Å². The lowest BCUT2D eigenvalue weighted by Crippen LogP contribution is -2.39. The fourth-order valence-corrected chi connectivity index (χ4v) is 3.47. The molecule has 0 saturated carbocycles. The molecule has 0 radical (unpaired) electrons. The van der Waals surface area contributed by atoms with Crippen LogP contribution in [0.5, 0.6) is 0 Å². The SMILES string of the molecule is NS(=O)(=O)c1ccc(N(Cc2c(F)cccc2F)C(=S)NCc2ccncc2)cc1. The van der Waals surface area contributed by atoms with Gasteiger partial charge in [-0.05, 0) is 66.3 Å². The predicted octanol–water partition coefficient (Wildman–Crippen LogP) is 3.09. The molecule has 0 aliphatic rings. The number of halogens is 2. The maximum atomic E-state index is 14.2. The summed E-state index contributed by atoms with van der Waals surface area (Å²) in [6.45, 7) is 0.169. The molecule has 2 aromatic carbocycles. The van der Waals surface area contributed by atoms with Crippen LogP contribution in [0.15, 0.2) is 71.9 Å². The molecule has 30 heavy (non-hydrogen) atoms. The molecule has 6 nitrogen and oxygen atoms in total. The van der Waals surface area contributed by atoms with Crippen molar-refractivity contribution in [2.75, 3.05) is 4.90 Å². The van der Waals surface area contributed by atoms with Crippen LogP contribution in [0.3, 0.4) is 0 Å². The number of primary sulfonamides is 1. The van der Waals surface area contributed by atoms with E-state index < -0.39 is 21.7 Å². The number of hydrogen-bond donors (Lipinski definition) is 2. The van der Waals surface area contributed by atoms with Gasteiger partial charge in [-0.15, -0.1) is 0 Å². The van der Waals surface area contributed by atoms with Crippen molar-refractivity contribution in [1.82, 2.24) is 10.3 Å². The number of nitrogens with zero attached hydrogens (tertiary/aromatic N) is 2. The van der Waals surface area contributed by atoms with Gasteiger partial charge in [0.2, 0.25) is 10.0 Å². The van der Waals surface area contributed by atoms with Crippen molar-refractivity contribution in [2.45, 2.75) is 18.0 Å². The fourth-order valence-electron chi connectivity index (χ4n) is 2.71. The smallest absolute Gasteiger partial charge is 0.238 e. The summed E-state index contributed by atoms with van der Waals surface area (Å²) in [5.74, 6) is -1.42. The van der Waals surface area contributed by atoms with Crippen LogP contribution in [0.4, 0.5) is 14.5 Å². The zero-order valence-corrected chi connectivity index (χ0v) is 17.3. The Morgan fingerprint density at radius 3 is 2.20 bits per heavy atom. The average Bonchev–Trinajstić information content (AvgIpc) is 2.72. The van der Waals surface area contributed by atoms with E-state index in [9.17, 15) is 17.2 Å². The molecule has 10 heteroatoms. The first-order chi connectivity index (χ1) is 14.3. The van der Waals surface area contributed by atoms with Gasteiger partial charge in [0.15, 0.2) is 5.11 Å². The molecule has 0 bridgehead atoms. The van der Waals surface area contributed by atoms with E-state index in [0.29, 0.717) is 12.2 Å². The number of thiocarbonyl (C=S) groups is 1. The third kappa shape index (κ3) is 5.35. The molecule has 0 fully saturated rings. The van der Waals surface area contributed by atoms with E-state index in [1.54, 1.807) is 24.5 Å². The molecule has 1 heterocycles. The fraction of sp³-hybridized carbons (Fsp3) is 0.100. The van der Waals surface area contributed by atoms with Crippen LogP contribution in [0.1, 0.15) is 11.1 Å². The molecule has 156 valence electrons. The Bertz CT molecular complexity index is 1120. The number of pyridine rings is 1. The van der Waals surface area contributed by atoms with Crippen LogP contribution < -0.4 is 15.4 Å². The van der Waals surface area contributed by atoms with Crippen molar-refractivity contribution in [3.05, 3.63) is 89.8 Å². The van der Waals surface area contributed by atoms with Crippen molar-refractivity contribution in [1.29, 1.82) is 0 Å². The van der Waals surface area contributed by atoms with Crippen molar-refractivity contribution in [2.24, 2.45) is 5.14 Å². The van der Waals surface area contributed by atoms with Crippen LogP contribution in [0, 0.1) is 11.6 Å². The Kier molecular flexibility index (Phi) is 6.70. The molecule has 3 rings (SSSR count). The number of nitrogens with one attached hydrogen (secondary N) is 1. The van der Waals surface area contributed by atoms with E-state index in [4.69, 9.17) is 17.4 Å². The van der Waals surface area contributed by atoms with Gasteiger partial charge in [-0.2, -0.15) is 0 Å². The third-order valence-electron chi connectivity index (χ3n) is 4.29. The summed E-state index contributed by atoms with van der Waals surface area (Å²) in [7, 11) is -3.88. The molecule has 0 aliphatic heterocycles. The maximum absolute atomic E-state index is 14.2. The van der Waals surface area contributed by atoms with Gasteiger partial charge in [-0.25, -0.2) is 22.3 Å². The Hall–Kier alpha value is -2.95. The first-order valence-corrected chi connectivity index (χ1v) is 10.7. The van der Waals surface area contributed by atoms with Crippen LogP contribution in [0.2, 0.25) is 0 Å². The van der Waals surface area contributed by atoms with Gasteiger partial charge in [-0.1, -0.05) is 6.07 Å². The van der Waals surface area contributed by atoms with Crippen molar-refractivity contribution in [3.63, 3.8) is 0 Å². The summed E-state index contributed by atoms with van der Waals surface area (Å²) in [6.07, 6.45) is 3.27. The summed E-state index contributed by atoms with van der Waals surface area (Å²) >= 11 is 5.46. The number of rotatable bonds is 6. The van der Waals surface area contributed by atoms with E-state index >= 15 is 0 Å². The zero-order valence-electron chi connectivity index (χ0n) is 15.6. The number of anilines is 1. The highest BCUT2D eigenvalue weighted by atomic mass is 32.2. The first-order valence-electron chi connectivity index (χ1n) is 8.76. The monoisotopic (exact) mass is 448 g/mol. The lowest BCUT2D eigenvalue weighted by molar-refractivity contribution is 0.556. The number of aromatic nitrogens is 1. The number of hydrogen-bond acceptors (Lipinski definition) is 4. The van der Waals surface area contributed by atoms with Gasteiger partial charge >= 0.3 is 0 Å². The Labute approximate surface area is 178 Å². The van der Waals surface area contributed by atoms with Crippen LogP contribution in [-0.2, 0) is 23.1 Å². The van der Waals surface area contributed by atoms with Crippen molar-refractivity contribution < 1.29 is 17.2 Å². The molecule has 0 amide bonds. The van der Waals surface area contributed by atoms with Crippen LogP contribution in [-0.4, -0.2) is 18.5 Å². The summed E-state index contributed by atoms with van der Waals surface area (Å²) in [6, 6.07) is 12.8. The lowest BCUT2D eigenvalue weighted by Gasteiger charge is -2.26. The second kappa shape index (κ2) is 9.24. The summed E-state index contributed by atoms with van der Waals surface area (Å²) in [5, 5.41) is 8.38. The first kappa shape index (κ1) is 21.8. The van der Waals surface area contributed by atoms with E-state index in [-0.39, 0.29) is 22.1 Å². The largest absolute Gasteiger partial charge is 0.358 e. The summed E-state index contributed by atoms with van der Waals surface area (Å²) in [5.41, 5.74) is 1.19. The van der Waals surface area contributed by atoms with Gasteiger partial charge in [0, 0.05) is 30.2 Å². The quantitative estimate of drug-likeness (QED) is 0.564. The van der Waals surface area contributed by atoms with Crippen LogP contribution >= 0.6 is 12.2 Å².